The molecule has 0 aliphatic carbocycles. The minimum absolute atomic E-state index is 0.216. The van der Waals surface area contributed by atoms with Gasteiger partial charge in [-0.05, 0) is 11.8 Å². The molecule has 0 radical (unpaired) electrons. The van der Waals surface area contributed by atoms with Gasteiger partial charge < -0.3 is 24.9 Å². The zero-order chi connectivity index (χ0) is 15.9. The van der Waals surface area contributed by atoms with Crippen LogP contribution in [0.15, 0.2) is 6.20 Å². The summed E-state index contributed by atoms with van der Waals surface area (Å²) in [7, 11) is 0. The highest BCUT2D eigenvalue weighted by Crippen LogP contribution is 2.31. The van der Waals surface area contributed by atoms with Crippen molar-refractivity contribution < 1.29 is 19.6 Å². The van der Waals surface area contributed by atoms with Gasteiger partial charge in [0.1, 0.15) is 11.8 Å². The summed E-state index contributed by atoms with van der Waals surface area (Å²) < 4.78 is 7.42. The number of fused-ring (bicyclic) bond motifs is 1. The SMILES string of the molecule is C[C@@]1(CN2CCN(C(=O)O)CC2)Cn2cc([N+](=O)[O-])nc2O1. The van der Waals surface area contributed by atoms with E-state index in [-0.39, 0.29) is 11.8 Å². The Bertz CT molecular complexity index is 584. The van der Waals surface area contributed by atoms with E-state index in [0.717, 1.165) is 0 Å². The third-order valence-electron chi connectivity index (χ3n) is 3.96. The zero-order valence-corrected chi connectivity index (χ0v) is 12.1. The fourth-order valence-electron chi connectivity index (χ4n) is 2.93. The van der Waals surface area contributed by atoms with E-state index in [1.165, 1.54) is 11.1 Å². The highest BCUT2D eigenvalue weighted by Gasteiger charge is 2.41. The van der Waals surface area contributed by atoms with E-state index in [1.807, 2.05) is 6.92 Å². The quantitative estimate of drug-likeness (QED) is 0.628. The summed E-state index contributed by atoms with van der Waals surface area (Å²) in [5.74, 6) is -0.216. The molecule has 22 heavy (non-hydrogen) atoms. The monoisotopic (exact) mass is 311 g/mol. The van der Waals surface area contributed by atoms with Crippen LogP contribution in [-0.2, 0) is 6.54 Å². The minimum atomic E-state index is -0.893. The minimum Gasteiger partial charge on any atom is -0.465 e. The van der Waals surface area contributed by atoms with Gasteiger partial charge in [0.15, 0.2) is 0 Å². The van der Waals surface area contributed by atoms with Crippen molar-refractivity contribution in [2.24, 2.45) is 0 Å². The lowest BCUT2D eigenvalue weighted by atomic mass is 10.1. The third kappa shape index (κ3) is 2.69. The molecule has 120 valence electrons. The van der Waals surface area contributed by atoms with E-state index in [0.29, 0.717) is 39.3 Å². The molecule has 0 spiro atoms. The first-order valence-corrected chi connectivity index (χ1v) is 6.97. The standard InChI is InChI=1S/C12H17N5O5/c1-12(7-14-2-4-15(5-3-14)11(18)19)8-16-6-9(17(20)21)13-10(16)22-12/h6H,2-5,7-8H2,1H3,(H,18,19)/t12-/m1/s1. The molecule has 2 aliphatic heterocycles. The molecule has 1 amide bonds. The van der Waals surface area contributed by atoms with Crippen LogP contribution in [0.2, 0.25) is 0 Å². The van der Waals surface area contributed by atoms with Crippen LogP contribution in [0.4, 0.5) is 10.6 Å². The molecule has 10 nitrogen and oxygen atoms in total. The molecule has 0 saturated carbocycles. The van der Waals surface area contributed by atoms with Gasteiger partial charge in [-0.1, -0.05) is 0 Å². The molecule has 1 fully saturated rings. The molecular weight excluding hydrogens is 294 g/mol. The maximum atomic E-state index is 10.9. The van der Waals surface area contributed by atoms with E-state index in [4.69, 9.17) is 9.84 Å². The number of nitro groups is 1. The largest absolute Gasteiger partial charge is 0.465 e. The molecule has 1 aromatic heterocycles. The lowest BCUT2D eigenvalue weighted by Gasteiger charge is -2.36. The van der Waals surface area contributed by atoms with Crippen LogP contribution in [0.25, 0.3) is 0 Å². The summed E-state index contributed by atoms with van der Waals surface area (Å²) in [4.78, 5) is 28.4. The lowest BCUT2D eigenvalue weighted by Crippen LogP contribution is -2.53. The number of hydrogen-bond acceptors (Lipinski definition) is 6. The molecule has 1 aromatic rings. The summed E-state index contributed by atoms with van der Waals surface area (Å²) in [6.07, 6.45) is 0.485. The number of rotatable bonds is 3. The molecule has 3 rings (SSSR count). The van der Waals surface area contributed by atoms with Crippen molar-refractivity contribution in [3.05, 3.63) is 16.3 Å². The summed E-state index contributed by atoms with van der Waals surface area (Å²) >= 11 is 0. The number of nitrogens with zero attached hydrogens (tertiary/aromatic N) is 5. The van der Waals surface area contributed by atoms with Crippen LogP contribution < -0.4 is 4.74 Å². The number of hydrogen-bond donors (Lipinski definition) is 1. The Labute approximate surface area is 126 Å². The fourth-order valence-corrected chi connectivity index (χ4v) is 2.93. The molecular formula is C12H17N5O5. The average Bonchev–Trinajstić information content (AvgIpc) is 2.94. The normalized spacial score (nSPS) is 24.9. The van der Waals surface area contributed by atoms with Crippen LogP contribution in [-0.4, -0.2) is 73.8 Å². The van der Waals surface area contributed by atoms with E-state index in [9.17, 15) is 14.9 Å². The van der Waals surface area contributed by atoms with Crippen molar-refractivity contribution in [3.8, 4) is 6.01 Å². The van der Waals surface area contributed by atoms with Gasteiger partial charge in [-0.15, -0.1) is 0 Å². The second-order valence-corrected chi connectivity index (χ2v) is 5.86. The highest BCUT2D eigenvalue weighted by molar-refractivity contribution is 5.65. The summed E-state index contributed by atoms with van der Waals surface area (Å²) in [6, 6.07) is 0.262. The fraction of sp³-hybridized carbons (Fsp3) is 0.667. The van der Waals surface area contributed by atoms with E-state index >= 15 is 0 Å². The van der Waals surface area contributed by atoms with E-state index in [1.54, 1.807) is 4.57 Å². The molecule has 3 heterocycles. The Hall–Kier alpha value is -2.36. The van der Waals surface area contributed by atoms with Crippen LogP contribution in [0.5, 0.6) is 6.01 Å². The molecule has 2 aliphatic rings. The molecule has 10 heteroatoms. The lowest BCUT2D eigenvalue weighted by molar-refractivity contribution is -0.389. The Balaban J connectivity index is 1.59. The van der Waals surface area contributed by atoms with Gasteiger partial charge in [0.05, 0.1) is 6.54 Å². The molecule has 1 N–H and O–H groups in total. The summed E-state index contributed by atoms with van der Waals surface area (Å²) in [6.45, 7) is 5.28. The number of amides is 1. The highest BCUT2D eigenvalue weighted by atomic mass is 16.6. The van der Waals surface area contributed by atoms with Gasteiger partial charge in [0.25, 0.3) is 0 Å². The number of piperazine rings is 1. The van der Waals surface area contributed by atoms with Crippen LogP contribution >= 0.6 is 0 Å². The second kappa shape index (κ2) is 5.13. The maximum Gasteiger partial charge on any atom is 0.415 e. The predicted octanol–water partition coefficient (Wildman–Crippen LogP) is 0.238. The molecule has 1 saturated heterocycles. The van der Waals surface area contributed by atoms with Gasteiger partial charge in [-0.25, -0.2) is 4.79 Å². The van der Waals surface area contributed by atoms with Crippen molar-refractivity contribution in [2.45, 2.75) is 19.1 Å². The number of ether oxygens (including phenoxy) is 1. The van der Waals surface area contributed by atoms with Gasteiger partial charge in [0, 0.05) is 37.7 Å². The van der Waals surface area contributed by atoms with Gasteiger partial charge in [-0.2, -0.15) is 0 Å². The number of carboxylic acid groups (broad SMARTS) is 1. The van der Waals surface area contributed by atoms with Crippen molar-refractivity contribution in [3.63, 3.8) is 0 Å². The Morgan fingerprint density at radius 1 is 1.50 bits per heavy atom. The first-order valence-electron chi connectivity index (χ1n) is 6.97. The van der Waals surface area contributed by atoms with Gasteiger partial charge >= 0.3 is 17.9 Å². The van der Waals surface area contributed by atoms with Crippen molar-refractivity contribution in [2.75, 3.05) is 32.7 Å². The van der Waals surface area contributed by atoms with Crippen LogP contribution in [0.3, 0.4) is 0 Å². The number of carbonyl (C=O) groups is 1. The zero-order valence-electron chi connectivity index (χ0n) is 12.1. The number of aromatic nitrogens is 2. The van der Waals surface area contributed by atoms with Crippen molar-refractivity contribution in [1.82, 2.24) is 19.4 Å². The average molecular weight is 311 g/mol. The Morgan fingerprint density at radius 3 is 2.73 bits per heavy atom. The maximum absolute atomic E-state index is 10.9. The summed E-state index contributed by atoms with van der Waals surface area (Å²) in [5, 5.41) is 19.6. The first kappa shape index (κ1) is 14.6. The Morgan fingerprint density at radius 2 is 2.18 bits per heavy atom. The third-order valence-corrected chi connectivity index (χ3v) is 3.96. The first-order chi connectivity index (χ1) is 10.4. The molecule has 0 unspecified atom stereocenters. The summed E-state index contributed by atoms with van der Waals surface area (Å²) in [5.41, 5.74) is -0.511. The smallest absolute Gasteiger partial charge is 0.415 e. The Kier molecular flexibility index (Phi) is 3.39. The molecule has 0 aromatic carbocycles. The van der Waals surface area contributed by atoms with Gasteiger partial charge in [0.2, 0.25) is 0 Å². The molecule has 0 bridgehead atoms. The molecule has 1 atom stereocenters. The van der Waals surface area contributed by atoms with Crippen LogP contribution in [0, 0.1) is 10.1 Å². The number of imidazole rings is 1. The van der Waals surface area contributed by atoms with Crippen LogP contribution in [0.1, 0.15) is 6.92 Å². The van der Waals surface area contributed by atoms with Crippen molar-refractivity contribution in [1.29, 1.82) is 0 Å². The van der Waals surface area contributed by atoms with Gasteiger partial charge in [-0.3, -0.25) is 9.47 Å². The predicted molar refractivity (Wildman–Crippen MR) is 74.0 cm³/mol. The topological polar surface area (TPSA) is 114 Å². The van der Waals surface area contributed by atoms with E-state index < -0.39 is 16.6 Å². The van der Waals surface area contributed by atoms with E-state index in [2.05, 4.69) is 9.88 Å². The second-order valence-electron chi connectivity index (χ2n) is 5.86. The van der Waals surface area contributed by atoms with Crippen molar-refractivity contribution >= 4 is 11.9 Å².